The van der Waals surface area contributed by atoms with Crippen molar-refractivity contribution in [3.05, 3.63) is 75.1 Å². The highest BCUT2D eigenvalue weighted by molar-refractivity contribution is 8.04. The molecule has 2 fully saturated rings. The molecule has 2 aliphatic rings. The maximum atomic E-state index is 13.3. The summed E-state index contributed by atoms with van der Waals surface area (Å²) in [5, 5.41) is 3.96. The van der Waals surface area contributed by atoms with Crippen molar-refractivity contribution in [1.29, 1.82) is 0 Å². The minimum atomic E-state index is -0.118. The first kappa shape index (κ1) is 22.0. The first-order valence-corrected chi connectivity index (χ1v) is 12.0. The molecular weight excluding hydrogens is 428 g/mol. The Morgan fingerprint density at radius 3 is 2.74 bits per heavy atom. The van der Waals surface area contributed by atoms with Gasteiger partial charge in [-0.15, -0.1) is 11.8 Å². The number of hydrogen-bond donors (Lipinski definition) is 1. The van der Waals surface area contributed by atoms with Gasteiger partial charge in [-0.2, -0.15) is 0 Å². The van der Waals surface area contributed by atoms with E-state index in [1.165, 1.54) is 12.0 Å². The van der Waals surface area contributed by atoms with Gasteiger partial charge in [0, 0.05) is 22.9 Å². The van der Waals surface area contributed by atoms with E-state index in [0.717, 1.165) is 30.4 Å². The van der Waals surface area contributed by atoms with Crippen LogP contribution in [0.2, 0.25) is 5.02 Å². The van der Waals surface area contributed by atoms with Gasteiger partial charge >= 0.3 is 0 Å². The molecule has 162 valence electrons. The molecule has 2 aromatic rings. The number of hydrogen-bond acceptors (Lipinski definition) is 3. The summed E-state index contributed by atoms with van der Waals surface area (Å²) in [6, 6.07) is 15.7. The molecule has 2 unspecified atom stereocenters. The number of amides is 2. The predicted molar refractivity (Wildman–Crippen MR) is 128 cm³/mol. The Balaban J connectivity index is 1.48. The van der Waals surface area contributed by atoms with E-state index in [9.17, 15) is 9.59 Å². The second-order valence-electron chi connectivity index (χ2n) is 8.27. The molecule has 2 amide bonds. The summed E-state index contributed by atoms with van der Waals surface area (Å²) >= 11 is 7.78. The Bertz CT molecular complexity index is 989. The third-order valence-corrected chi connectivity index (χ3v) is 7.52. The van der Waals surface area contributed by atoms with Gasteiger partial charge in [-0.1, -0.05) is 66.4 Å². The number of rotatable bonds is 5. The summed E-state index contributed by atoms with van der Waals surface area (Å²) in [6.07, 6.45) is 6.20. The zero-order valence-corrected chi connectivity index (χ0v) is 19.2. The summed E-state index contributed by atoms with van der Waals surface area (Å²) in [5.41, 5.74) is 3.15. The normalized spacial score (nSPS) is 22.3. The van der Waals surface area contributed by atoms with Gasteiger partial charge in [-0.3, -0.25) is 9.59 Å². The number of nitrogens with one attached hydrogen (secondary N) is 1. The standard InChI is InChI=1S/C25H27ClN2O2S/c1-17-9-11-18(12-10-17)15-27-24(29)16-28-21-7-2-3-8-22(21)31-23(25(28)30)14-19-5-4-6-20(26)13-19/h4-6,9-14,21-22H,2-3,7-8,15-16H2,1H3,(H,27,29)/b23-14+. The number of fused-ring (bicyclic) bond motifs is 1. The smallest absolute Gasteiger partial charge is 0.261 e. The van der Waals surface area contributed by atoms with Gasteiger partial charge in [-0.25, -0.2) is 0 Å². The van der Waals surface area contributed by atoms with Crippen LogP contribution in [0.15, 0.2) is 53.4 Å². The summed E-state index contributed by atoms with van der Waals surface area (Å²) < 4.78 is 0. The molecule has 6 heteroatoms. The molecule has 2 atom stereocenters. The predicted octanol–water partition coefficient (Wildman–Crippen LogP) is 5.19. The van der Waals surface area contributed by atoms with Crippen LogP contribution in [0.5, 0.6) is 0 Å². The average molecular weight is 455 g/mol. The SMILES string of the molecule is Cc1ccc(CNC(=O)CN2C(=O)/C(=C\c3cccc(Cl)c3)SC3CCCCC32)cc1. The number of thioether (sulfide) groups is 1. The van der Waals surface area contributed by atoms with Crippen LogP contribution in [0.3, 0.4) is 0 Å². The van der Waals surface area contributed by atoms with Crippen molar-refractivity contribution < 1.29 is 9.59 Å². The Kier molecular flexibility index (Phi) is 7.03. The van der Waals surface area contributed by atoms with Crippen molar-refractivity contribution in [2.45, 2.75) is 50.4 Å². The van der Waals surface area contributed by atoms with E-state index in [0.29, 0.717) is 21.7 Å². The Labute approximate surface area is 193 Å². The number of benzene rings is 2. The van der Waals surface area contributed by atoms with Crippen molar-refractivity contribution in [1.82, 2.24) is 10.2 Å². The van der Waals surface area contributed by atoms with E-state index < -0.39 is 0 Å². The van der Waals surface area contributed by atoms with Gasteiger partial charge in [0.05, 0.1) is 4.91 Å². The highest BCUT2D eigenvalue weighted by Crippen LogP contribution is 2.42. The fourth-order valence-electron chi connectivity index (χ4n) is 4.23. The van der Waals surface area contributed by atoms with Gasteiger partial charge in [0.2, 0.25) is 5.91 Å². The largest absolute Gasteiger partial charge is 0.350 e. The first-order chi connectivity index (χ1) is 15.0. The van der Waals surface area contributed by atoms with Crippen LogP contribution in [0.25, 0.3) is 6.08 Å². The number of halogens is 1. The molecule has 1 saturated heterocycles. The lowest BCUT2D eigenvalue weighted by atomic mass is 9.93. The summed E-state index contributed by atoms with van der Waals surface area (Å²) in [5.74, 6) is -0.175. The van der Waals surface area contributed by atoms with Gasteiger partial charge in [0.1, 0.15) is 6.54 Å². The number of nitrogens with zero attached hydrogens (tertiary/aromatic N) is 1. The molecule has 1 aliphatic heterocycles. The van der Waals surface area contributed by atoms with Crippen molar-refractivity contribution >= 4 is 41.3 Å². The molecule has 1 aliphatic carbocycles. The van der Waals surface area contributed by atoms with E-state index in [1.807, 2.05) is 61.5 Å². The minimum Gasteiger partial charge on any atom is -0.350 e. The maximum Gasteiger partial charge on any atom is 0.261 e. The summed E-state index contributed by atoms with van der Waals surface area (Å²) in [6.45, 7) is 2.60. The molecular formula is C25H27ClN2O2S. The molecule has 1 N–H and O–H groups in total. The second-order valence-corrected chi connectivity index (χ2v) is 9.98. The molecule has 0 aromatic heterocycles. The first-order valence-electron chi connectivity index (χ1n) is 10.8. The monoisotopic (exact) mass is 454 g/mol. The van der Waals surface area contributed by atoms with Gasteiger partial charge in [0.15, 0.2) is 0 Å². The minimum absolute atomic E-state index is 0.0568. The van der Waals surface area contributed by atoms with Crippen LogP contribution < -0.4 is 5.32 Å². The molecule has 4 rings (SSSR count). The van der Waals surface area contributed by atoms with E-state index in [-0.39, 0.29) is 24.4 Å². The third-order valence-electron chi connectivity index (χ3n) is 5.89. The van der Waals surface area contributed by atoms with Crippen molar-refractivity contribution in [2.75, 3.05) is 6.54 Å². The van der Waals surface area contributed by atoms with Crippen LogP contribution in [0.1, 0.15) is 42.4 Å². The number of aryl methyl sites for hydroxylation is 1. The maximum absolute atomic E-state index is 13.3. The van der Waals surface area contributed by atoms with Crippen LogP contribution in [0, 0.1) is 6.92 Å². The summed E-state index contributed by atoms with van der Waals surface area (Å²) in [7, 11) is 0. The van der Waals surface area contributed by atoms with Crippen LogP contribution in [-0.4, -0.2) is 34.6 Å². The zero-order chi connectivity index (χ0) is 21.8. The van der Waals surface area contributed by atoms with Gasteiger partial charge in [0.25, 0.3) is 5.91 Å². The lowest BCUT2D eigenvalue weighted by Crippen LogP contribution is -2.54. The highest BCUT2D eigenvalue weighted by atomic mass is 35.5. The molecule has 1 heterocycles. The lowest BCUT2D eigenvalue weighted by Gasteiger charge is -2.43. The Morgan fingerprint density at radius 1 is 1.19 bits per heavy atom. The van der Waals surface area contributed by atoms with Crippen LogP contribution in [-0.2, 0) is 16.1 Å². The number of carbonyl (C=O) groups is 2. The molecule has 4 nitrogen and oxygen atoms in total. The Morgan fingerprint density at radius 2 is 1.97 bits per heavy atom. The fourth-order valence-corrected chi connectivity index (χ4v) is 5.90. The highest BCUT2D eigenvalue weighted by Gasteiger charge is 2.41. The quantitative estimate of drug-likeness (QED) is 0.632. The van der Waals surface area contributed by atoms with E-state index in [1.54, 1.807) is 16.7 Å². The van der Waals surface area contributed by atoms with Gasteiger partial charge in [-0.05, 0) is 49.1 Å². The van der Waals surface area contributed by atoms with Crippen LogP contribution >= 0.6 is 23.4 Å². The average Bonchev–Trinajstić information content (AvgIpc) is 2.76. The van der Waals surface area contributed by atoms with Crippen molar-refractivity contribution in [2.24, 2.45) is 0 Å². The molecule has 0 spiro atoms. The topological polar surface area (TPSA) is 49.4 Å². The van der Waals surface area contributed by atoms with Crippen molar-refractivity contribution in [3.63, 3.8) is 0 Å². The number of carbonyl (C=O) groups excluding carboxylic acids is 2. The van der Waals surface area contributed by atoms with Gasteiger partial charge < -0.3 is 10.2 Å². The van der Waals surface area contributed by atoms with E-state index in [2.05, 4.69) is 5.32 Å². The van der Waals surface area contributed by atoms with E-state index >= 15 is 0 Å². The zero-order valence-electron chi connectivity index (χ0n) is 17.6. The Hall–Kier alpha value is -2.24. The third kappa shape index (κ3) is 5.52. The summed E-state index contributed by atoms with van der Waals surface area (Å²) in [4.78, 5) is 28.6. The molecule has 2 aromatic carbocycles. The lowest BCUT2D eigenvalue weighted by molar-refractivity contribution is -0.135. The van der Waals surface area contributed by atoms with Crippen LogP contribution in [0.4, 0.5) is 0 Å². The fraction of sp³-hybridized carbons (Fsp3) is 0.360. The van der Waals surface area contributed by atoms with Crippen molar-refractivity contribution in [3.8, 4) is 0 Å². The molecule has 31 heavy (non-hydrogen) atoms. The van der Waals surface area contributed by atoms with E-state index in [4.69, 9.17) is 11.6 Å². The molecule has 1 saturated carbocycles. The molecule has 0 radical (unpaired) electrons. The molecule has 0 bridgehead atoms. The second kappa shape index (κ2) is 9.92.